The van der Waals surface area contributed by atoms with E-state index in [2.05, 4.69) is 22.4 Å². The predicted molar refractivity (Wildman–Crippen MR) is 108 cm³/mol. The molecule has 0 heterocycles. The summed E-state index contributed by atoms with van der Waals surface area (Å²) in [4.78, 5) is 23.2. The Morgan fingerprint density at radius 1 is 1.18 bits per heavy atom. The van der Waals surface area contributed by atoms with Crippen molar-refractivity contribution in [1.29, 1.82) is 0 Å². The fraction of sp³-hybridized carbons (Fsp3) is 0.150. The summed E-state index contributed by atoms with van der Waals surface area (Å²) in [5, 5.41) is 6.75. The third-order valence-corrected chi connectivity index (χ3v) is 3.91. The highest BCUT2D eigenvalue weighted by Crippen LogP contribution is 2.31. The summed E-state index contributed by atoms with van der Waals surface area (Å²) in [6.45, 7) is 3.86. The van der Waals surface area contributed by atoms with Gasteiger partial charge in [0.1, 0.15) is 6.61 Å². The first-order chi connectivity index (χ1) is 13.6. The lowest BCUT2D eigenvalue weighted by Crippen LogP contribution is -2.37. The van der Waals surface area contributed by atoms with Gasteiger partial charge in [0, 0.05) is 22.7 Å². The topological polar surface area (TPSA) is 89.0 Å². The normalized spacial score (nSPS) is 10.4. The average molecular weight is 402 g/mol. The molecular formula is C20H20ClN3O4. The maximum atomic E-state index is 11.7. The van der Waals surface area contributed by atoms with Gasteiger partial charge in [0.25, 0.3) is 0 Å². The fourth-order valence-corrected chi connectivity index (χ4v) is 2.36. The van der Waals surface area contributed by atoms with Crippen molar-refractivity contribution in [3.8, 4) is 11.5 Å². The Kier molecular flexibility index (Phi) is 8.05. The molecule has 0 fully saturated rings. The standard InChI is InChI=1S/C20H20ClN3O4/c1-3-11-22-19(25)20(26)24-23-12-14-8-6-10-17(27-2)18(14)28-13-15-7-4-5-9-16(15)21/h3-10,12H,1,11,13H2,2H3,(H,22,25)(H,24,26)/b23-12-. The molecule has 8 heteroatoms. The average Bonchev–Trinajstić information content (AvgIpc) is 2.71. The molecule has 2 amide bonds. The van der Waals surface area contributed by atoms with Crippen LogP contribution >= 0.6 is 11.6 Å². The minimum absolute atomic E-state index is 0.186. The van der Waals surface area contributed by atoms with Crippen LogP contribution in [0.3, 0.4) is 0 Å². The van der Waals surface area contributed by atoms with Crippen molar-refractivity contribution in [2.24, 2.45) is 5.10 Å². The number of nitrogens with one attached hydrogen (secondary N) is 2. The zero-order chi connectivity index (χ0) is 20.4. The number of hydrogen-bond donors (Lipinski definition) is 2. The van der Waals surface area contributed by atoms with Crippen LogP contribution in [0.4, 0.5) is 0 Å². The van der Waals surface area contributed by atoms with Crippen LogP contribution in [-0.2, 0) is 16.2 Å². The molecule has 0 bridgehead atoms. The number of nitrogens with zero attached hydrogens (tertiary/aromatic N) is 1. The minimum atomic E-state index is -0.889. The lowest BCUT2D eigenvalue weighted by atomic mass is 10.2. The van der Waals surface area contributed by atoms with Gasteiger partial charge in [-0.25, -0.2) is 5.43 Å². The quantitative estimate of drug-likeness (QED) is 0.308. The molecule has 2 aromatic rings. The van der Waals surface area contributed by atoms with E-state index in [-0.39, 0.29) is 13.2 Å². The van der Waals surface area contributed by atoms with Crippen molar-refractivity contribution in [2.75, 3.05) is 13.7 Å². The van der Waals surface area contributed by atoms with Gasteiger partial charge in [0.2, 0.25) is 0 Å². The van der Waals surface area contributed by atoms with Crippen LogP contribution in [0.15, 0.2) is 60.2 Å². The van der Waals surface area contributed by atoms with Crippen LogP contribution < -0.4 is 20.2 Å². The van der Waals surface area contributed by atoms with E-state index in [1.54, 1.807) is 24.3 Å². The van der Waals surface area contributed by atoms with Crippen LogP contribution in [0.25, 0.3) is 0 Å². The predicted octanol–water partition coefficient (Wildman–Crippen LogP) is 2.68. The van der Waals surface area contributed by atoms with Gasteiger partial charge in [-0.1, -0.05) is 41.9 Å². The molecule has 7 nitrogen and oxygen atoms in total. The molecule has 0 unspecified atom stereocenters. The second kappa shape index (κ2) is 10.7. The number of hydrazone groups is 1. The van der Waals surface area contributed by atoms with E-state index in [0.29, 0.717) is 22.1 Å². The summed E-state index contributed by atoms with van der Waals surface area (Å²) in [5.74, 6) is -0.775. The summed E-state index contributed by atoms with van der Waals surface area (Å²) < 4.78 is 11.2. The summed E-state index contributed by atoms with van der Waals surface area (Å²) in [7, 11) is 1.52. The number of para-hydroxylation sites is 1. The van der Waals surface area contributed by atoms with E-state index in [0.717, 1.165) is 5.56 Å². The second-order valence-corrected chi connectivity index (χ2v) is 5.86. The molecule has 0 saturated carbocycles. The Balaban J connectivity index is 2.11. The van der Waals surface area contributed by atoms with Crippen LogP contribution in [0.2, 0.25) is 5.02 Å². The van der Waals surface area contributed by atoms with Crippen molar-refractivity contribution in [2.45, 2.75) is 6.61 Å². The molecule has 0 aliphatic heterocycles. The van der Waals surface area contributed by atoms with Crippen molar-refractivity contribution < 1.29 is 19.1 Å². The fourth-order valence-electron chi connectivity index (χ4n) is 2.17. The van der Waals surface area contributed by atoms with Gasteiger partial charge in [-0.05, 0) is 18.2 Å². The van der Waals surface area contributed by atoms with Gasteiger partial charge in [-0.2, -0.15) is 5.10 Å². The maximum absolute atomic E-state index is 11.7. The van der Waals surface area contributed by atoms with Gasteiger partial charge in [0.05, 0.1) is 13.3 Å². The first-order valence-electron chi connectivity index (χ1n) is 8.32. The molecule has 2 aromatic carbocycles. The highest BCUT2D eigenvalue weighted by atomic mass is 35.5. The van der Waals surface area contributed by atoms with Crippen LogP contribution in [0.1, 0.15) is 11.1 Å². The molecular weight excluding hydrogens is 382 g/mol. The van der Waals surface area contributed by atoms with E-state index in [1.807, 2.05) is 18.2 Å². The number of ether oxygens (including phenoxy) is 2. The number of rotatable bonds is 8. The van der Waals surface area contributed by atoms with Crippen molar-refractivity contribution in [1.82, 2.24) is 10.7 Å². The molecule has 146 valence electrons. The van der Waals surface area contributed by atoms with E-state index >= 15 is 0 Å². The van der Waals surface area contributed by atoms with Gasteiger partial charge in [-0.3, -0.25) is 9.59 Å². The molecule has 2 rings (SSSR count). The number of methoxy groups -OCH3 is 1. The number of amides is 2. The van der Waals surface area contributed by atoms with Crippen LogP contribution in [0.5, 0.6) is 11.5 Å². The molecule has 2 N–H and O–H groups in total. The number of halogens is 1. The Morgan fingerprint density at radius 2 is 1.96 bits per heavy atom. The third kappa shape index (κ3) is 5.85. The number of benzene rings is 2. The highest BCUT2D eigenvalue weighted by molar-refractivity contribution is 6.35. The third-order valence-electron chi connectivity index (χ3n) is 3.54. The second-order valence-electron chi connectivity index (χ2n) is 5.46. The van der Waals surface area contributed by atoms with Crippen molar-refractivity contribution >= 4 is 29.6 Å². The van der Waals surface area contributed by atoms with Gasteiger partial charge in [0.15, 0.2) is 11.5 Å². The number of carbonyl (C=O) groups excluding carboxylic acids is 2. The van der Waals surface area contributed by atoms with Gasteiger partial charge < -0.3 is 14.8 Å². The van der Waals surface area contributed by atoms with E-state index < -0.39 is 11.8 Å². The van der Waals surface area contributed by atoms with Crippen molar-refractivity contribution in [3.63, 3.8) is 0 Å². The summed E-state index contributed by atoms with van der Waals surface area (Å²) in [5.41, 5.74) is 3.52. The highest BCUT2D eigenvalue weighted by Gasteiger charge is 2.13. The van der Waals surface area contributed by atoms with Crippen molar-refractivity contribution in [3.05, 3.63) is 71.3 Å². The monoisotopic (exact) mass is 401 g/mol. The lowest BCUT2D eigenvalue weighted by Gasteiger charge is -2.13. The van der Waals surface area contributed by atoms with E-state index in [9.17, 15) is 9.59 Å². The first-order valence-corrected chi connectivity index (χ1v) is 8.70. The smallest absolute Gasteiger partial charge is 0.329 e. The molecule has 0 aliphatic rings. The zero-order valence-electron chi connectivity index (χ0n) is 15.3. The molecule has 0 saturated heterocycles. The lowest BCUT2D eigenvalue weighted by molar-refractivity contribution is -0.139. The molecule has 0 spiro atoms. The van der Waals surface area contributed by atoms with Crippen LogP contribution in [-0.4, -0.2) is 31.7 Å². The van der Waals surface area contributed by atoms with Gasteiger partial charge >= 0.3 is 11.8 Å². The van der Waals surface area contributed by atoms with E-state index in [1.165, 1.54) is 19.4 Å². The first kappa shape index (κ1) is 21.0. The summed E-state index contributed by atoms with van der Waals surface area (Å²) >= 11 is 6.16. The maximum Gasteiger partial charge on any atom is 0.329 e. The minimum Gasteiger partial charge on any atom is -0.493 e. The van der Waals surface area contributed by atoms with Crippen LogP contribution in [0, 0.1) is 0 Å². The summed E-state index contributed by atoms with van der Waals surface area (Å²) in [6, 6.07) is 12.5. The molecule has 0 aromatic heterocycles. The number of hydrogen-bond acceptors (Lipinski definition) is 5. The van der Waals surface area contributed by atoms with Gasteiger partial charge in [-0.15, -0.1) is 6.58 Å². The summed E-state index contributed by atoms with van der Waals surface area (Å²) in [6.07, 6.45) is 2.83. The largest absolute Gasteiger partial charge is 0.493 e. The molecule has 0 atom stereocenters. The van der Waals surface area contributed by atoms with E-state index in [4.69, 9.17) is 21.1 Å². The zero-order valence-corrected chi connectivity index (χ0v) is 16.0. The number of carbonyl (C=O) groups is 2. The molecule has 0 aliphatic carbocycles. The SMILES string of the molecule is C=CCNC(=O)C(=O)N/N=C\c1cccc(OC)c1OCc1ccccc1Cl. The molecule has 0 radical (unpaired) electrons. The Morgan fingerprint density at radius 3 is 2.68 bits per heavy atom. The Hall–Kier alpha value is -3.32. The Labute approximate surface area is 168 Å². The Bertz CT molecular complexity index is 884. The molecule has 28 heavy (non-hydrogen) atoms.